The molecule has 0 aromatic heterocycles. The highest BCUT2D eigenvalue weighted by Gasteiger charge is 2.27. The maximum absolute atomic E-state index is 12.1. The first-order valence-corrected chi connectivity index (χ1v) is 7.92. The molecule has 2 rings (SSSR count). The zero-order valence-electron chi connectivity index (χ0n) is 14.8. The highest BCUT2D eigenvalue weighted by atomic mass is 16.5. The largest absolute Gasteiger partial charge is 0.489 e. The molecule has 24 heavy (non-hydrogen) atoms. The molecule has 2 amide bonds. The molecule has 0 unspecified atom stereocenters. The third-order valence-corrected chi connectivity index (χ3v) is 3.98. The van der Waals surface area contributed by atoms with Crippen molar-refractivity contribution in [3.8, 4) is 5.75 Å². The summed E-state index contributed by atoms with van der Waals surface area (Å²) in [4.78, 5) is 27.7. The number of rotatable bonds is 5. The number of fused-ring (bicyclic) bond motifs is 1. The molecule has 1 aromatic carbocycles. The van der Waals surface area contributed by atoms with E-state index in [1.807, 2.05) is 24.9 Å². The van der Waals surface area contributed by atoms with Gasteiger partial charge in [-0.2, -0.15) is 0 Å². The fourth-order valence-corrected chi connectivity index (χ4v) is 2.53. The van der Waals surface area contributed by atoms with Crippen LogP contribution in [0.2, 0.25) is 0 Å². The summed E-state index contributed by atoms with van der Waals surface area (Å²) in [7, 11) is 5.36. The number of benzene rings is 1. The average Bonchev–Trinajstić information content (AvgIpc) is 2.54. The van der Waals surface area contributed by atoms with Crippen LogP contribution in [0.5, 0.6) is 5.75 Å². The third kappa shape index (κ3) is 4.07. The number of anilines is 1. The molecule has 1 atom stereocenters. The Kier molecular flexibility index (Phi) is 5.49. The molecule has 6 nitrogen and oxygen atoms in total. The standard InChI is InChI=1S/C18H25N3O3/c1-12(2)10-19-17(22)9-14-11-24-16-7-6-13(18(23)20(3)4)8-15(16)21(14)5/h6-8,14H,1,9-11H2,2-5H3,(H,19,22)/t14-/m0/s1. The zero-order chi connectivity index (χ0) is 17.9. The number of likely N-dealkylation sites (N-methyl/N-ethyl adjacent to an activating group) is 1. The van der Waals surface area contributed by atoms with Crippen LogP contribution in [0.4, 0.5) is 5.69 Å². The van der Waals surface area contributed by atoms with Gasteiger partial charge in [-0.05, 0) is 25.1 Å². The maximum atomic E-state index is 12.1. The first-order chi connectivity index (χ1) is 11.3. The lowest BCUT2D eigenvalue weighted by Crippen LogP contribution is -2.44. The van der Waals surface area contributed by atoms with E-state index in [9.17, 15) is 9.59 Å². The monoisotopic (exact) mass is 331 g/mol. The second-order valence-electron chi connectivity index (χ2n) is 6.40. The van der Waals surface area contributed by atoms with E-state index >= 15 is 0 Å². The molecule has 0 bridgehead atoms. The Bertz CT molecular complexity index is 655. The van der Waals surface area contributed by atoms with Gasteiger partial charge in [-0.3, -0.25) is 9.59 Å². The van der Waals surface area contributed by atoms with E-state index in [1.54, 1.807) is 26.2 Å². The summed E-state index contributed by atoms with van der Waals surface area (Å²) in [5.41, 5.74) is 2.34. The van der Waals surface area contributed by atoms with Crippen molar-refractivity contribution in [1.29, 1.82) is 0 Å². The minimum Gasteiger partial charge on any atom is -0.489 e. The number of carbonyl (C=O) groups excluding carboxylic acids is 2. The Morgan fingerprint density at radius 3 is 2.75 bits per heavy atom. The van der Waals surface area contributed by atoms with Gasteiger partial charge in [0.2, 0.25) is 5.91 Å². The van der Waals surface area contributed by atoms with Gasteiger partial charge in [0.05, 0.1) is 18.2 Å². The van der Waals surface area contributed by atoms with Crippen LogP contribution in [0.3, 0.4) is 0 Å². The van der Waals surface area contributed by atoms with Crippen LogP contribution in [-0.2, 0) is 4.79 Å². The van der Waals surface area contributed by atoms with Crippen LogP contribution < -0.4 is 15.0 Å². The maximum Gasteiger partial charge on any atom is 0.253 e. The number of hydrogen-bond donors (Lipinski definition) is 1. The summed E-state index contributed by atoms with van der Waals surface area (Å²) < 4.78 is 5.76. The van der Waals surface area contributed by atoms with Gasteiger partial charge in [0.15, 0.2) is 0 Å². The van der Waals surface area contributed by atoms with Crippen LogP contribution in [-0.4, -0.2) is 57.1 Å². The summed E-state index contributed by atoms with van der Waals surface area (Å²) in [6.45, 7) is 6.56. The van der Waals surface area contributed by atoms with Crippen molar-refractivity contribution in [2.45, 2.75) is 19.4 Å². The van der Waals surface area contributed by atoms with Crippen molar-refractivity contribution in [2.24, 2.45) is 0 Å². The number of hydrogen-bond acceptors (Lipinski definition) is 4. The Morgan fingerprint density at radius 1 is 1.42 bits per heavy atom. The van der Waals surface area contributed by atoms with Crippen molar-refractivity contribution in [2.75, 3.05) is 39.2 Å². The molecule has 1 aromatic rings. The number of nitrogens with zero attached hydrogens (tertiary/aromatic N) is 2. The van der Waals surface area contributed by atoms with Crippen LogP contribution in [0.25, 0.3) is 0 Å². The average molecular weight is 331 g/mol. The summed E-state index contributed by atoms with van der Waals surface area (Å²) in [5.74, 6) is 0.626. The lowest BCUT2D eigenvalue weighted by Gasteiger charge is -2.35. The lowest BCUT2D eigenvalue weighted by molar-refractivity contribution is -0.121. The van der Waals surface area contributed by atoms with E-state index < -0.39 is 0 Å². The van der Waals surface area contributed by atoms with E-state index in [4.69, 9.17) is 4.74 Å². The van der Waals surface area contributed by atoms with Crippen molar-refractivity contribution in [3.05, 3.63) is 35.9 Å². The number of ether oxygens (including phenoxy) is 1. The van der Waals surface area contributed by atoms with Crippen LogP contribution in [0.15, 0.2) is 30.4 Å². The summed E-state index contributed by atoms with van der Waals surface area (Å²) in [6, 6.07) is 5.30. The quantitative estimate of drug-likeness (QED) is 0.834. The second-order valence-corrected chi connectivity index (χ2v) is 6.40. The first-order valence-electron chi connectivity index (χ1n) is 7.92. The van der Waals surface area contributed by atoms with E-state index in [-0.39, 0.29) is 17.9 Å². The van der Waals surface area contributed by atoms with Crippen molar-refractivity contribution < 1.29 is 14.3 Å². The minimum absolute atomic E-state index is 0.0394. The Morgan fingerprint density at radius 2 is 2.12 bits per heavy atom. The Balaban J connectivity index is 2.12. The van der Waals surface area contributed by atoms with Crippen LogP contribution >= 0.6 is 0 Å². The van der Waals surface area contributed by atoms with Crippen molar-refractivity contribution >= 4 is 17.5 Å². The Labute approximate surface area is 143 Å². The number of amides is 2. The normalized spacial score (nSPS) is 16.0. The van der Waals surface area contributed by atoms with Gasteiger partial charge < -0.3 is 19.9 Å². The first kappa shape index (κ1) is 17.8. The second kappa shape index (κ2) is 7.38. The Hall–Kier alpha value is -2.50. The van der Waals surface area contributed by atoms with Gasteiger partial charge in [0.1, 0.15) is 12.4 Å². The molecule has 0 fully saturated rings. The molecule has 0 saturated carbocycles. The predicted octanol–water partition coefficient (Wildman–Crippen LogP) is 1.67. The SMILES string of the molecule is C=C(C)CNC(=O)C[C@H]1COc2ccc(C(=O)N(C)C)cc2N1C. The predicted molar refractivity (Wildman–Crippen MR) is 94.6 cm³/mol. The van der Waals surface area contributed by atoms with Gasteiger partial charge in [0.25, 0.3) is 5.91 Å². The van der Waals surface area contributed by atoms with Gasteiger partial charge in [0, 0.05) is 33.3 Å². The molecule has 1 aliphatic rings. The van der Waals surface area contributed by atoms with Gasteiger partial charge in [-0.15, -0.1) is 0 Å². The van der Waals surface area contributed by atoms with Crippen LogP contribution in [0, 0.1) is 0 Å². The molecule has 0 saturated heterocycles. The smallest absolute Gasteiger partial charge is 0.253 e. The molecule has 1 heterocycles. The molecule has 1 aliphatic heterocycles. The summed E-state index contributed by atoms with van der Waals surface area (Å²) in [5, 5.41) is 2.84. The van der Waals surface area contributed by atoms with E-state index in [1.165, 1.54) is 4.90 Å². The molecule has 6 heteroatoms. The molecular weight excluding hydrogens is 306 g/mol. The topological polar surface area (TPSA) is 61.9 Å². The zero-order valence-corrected chi connectivity index (χ0v) is 14.8. The fraction of sp³-hybridized carbons (Fsp3) is 0.444. The van der Waals surface area contributed by atoms with Crippen molar-refractivity contribution in [1.82, 2.24) is 10.2 Å². The molecule has 130 valence electrons. The van der Waals surface area contributed by atoms with E-state index in [0.717, 1.165) is 17.0 Å². The number of carbonyl (C=O) groups is 2. The fourth-order valence-electron chi connectivity index (χ4n) is 2.53. The van der Waals surface area contributed by atoms with Gasteiger partial charge in [-0.25, -0.2) is 0 Å². The van der Waals surface area contributed by atoms with Gasteiger partial charge >= 0.3 is 0 Å². The van der Waals surface area contributed by atoms with Crippen LogP contribution in [0.1, 0.15) is 23.7 Å². The van der Waals surface area contributed by atoms with E-state index in [0.29, 0.717) is 25.1 Å². The molecule has 1 N–H and O–H groups in total. The minimum atomic E-state index is -0.0765. The lowest BCUT2D eigenvalue weighted by atomic mass is 10.1. The molecule has 0 aliphatic carbocycles. The molecular formula is C18H25N3O3. The van der Waals surface area contributed by atoms with Gasteiger partial charge in [-0.1, -0.05) is 12.2 Å². The highest BCUT2D eigenvalue weighted by molar-refractivity contribution is 5.95. The summed E-state index contributed by atoms with van der Waals surface area (Å²) in [6.07, 6.45) is 0.328. The highest BCUT2D eigenvalue weighted by Crippen LogP contribution is 2.34. The molecule has 0 spiro atoms. The summed E-state index contributed by atoms with van der Waals surface area (Å²) >= 11 is 0. The van der Waals surface area contributed by atoms with E-state index in [2.05, 4.69) is 11.9 Å². The van der Waals surface area contributed by atoms with Crippen molar-refractivity contribution in [3.63, 3.8) is 0 Å². The molecule has 0 radical (unpaired) electrons. The third-order valence-electron chi connectivity index (χ3n) is 3.98. The number of nitrogens with one attached hydrogen (secondary N) is 1.